The van der Waals surface area contributed by atoms with Crippen molar-refractivity contribution < 1.29 is 4.74 Å². The summed E-state index contributed by atoms with van der Waals surface area (Å²) in [6.07, 6.45) is 10.5. The van der Waals surface area contributed by atoms with Gasteiger partial charge in [0.25, 0.3) is 0 Å². The van der Waals surface area contributed by atoms with Crippen LogP contribution >= 0.6 is 0 Å². The second-order valence-electron chi connectivity index (χ2n) is 5.45. The Morgan fingerprint density at radius 1 is 1.32 bits per heavy atom. The Bertz CT molecular complexity index is 342. The summed E-state index contributed by atoms with van der Waals surface area (Å²) in [6.45, 7) is 6.15. The zero-order valence-corrected chi connectivity index (χ0v) is 12.2. The average molecular weight is 264 g/mol. The molecule has 19 heavy (non-hydrogen) atoms. The van der Waals surface area contributed by atoms with Crippen molar-refractivity contribution in [2.45, 2.75) is 64.6 Å². The molecule has 1 aromatic rings. The zero-order chi connectivity index (χ0) is 13.3. The maximum absolute atomic E-state index is 5.92. The molecule has 0 amide bonds. The van der Waals surface area contributed by atoms with Crippen molar-refractivity contribution in [1.82, 2.24) is 9.88 Å². The van der Waals surface area contributed by atoms with E-state index in [1.807, 2.05) is 0 Å². The summed E-state index contributed by atoms with van der Waals surface area (Å²) in [6, 6.07) is 4.31. The van der Waals surface area contributed by atoms with Crippen LogP contribution in [0, 0.1) is 0 Å². The van der Waals surface area contributed by atoms with Crippen molar-refractivity contribution in [2.24, 2.45) is 0 Å². The van der Waals surface area contributed by atoms with E-state index in [2.05, 4.69) is 35.1 Å². The number of rotatable bonds is 8. The number of nitrogens with zero attached hydrogens (tertiary/aromatic N) is 1. The third kappa shape index (κ3) is 5.00. The van der Waals surface area contributed by atoms with Crippen LogP contribution in [0.25, 0.3) is 0 Å². The van der Waals surface area contributed by atoms with Crippen molar-refractivity contribution >= 4 is 0 Å². The van der Waals surface area contributed by atoms with Crippen molar-refractivity contribution in [2.75, 3.05) is 13.2 Å². The molecular formula is C16H28N2O. The van der Waals surface area contributed by atoms with Crippen LogP contribution in [0.2, 0.25) is 0 Å². The van der Waals surface area contributed by atoms with Crippen molar-refractivity contribution in [3.8, 4) is 0 Å². The number of aromatic nitrogens is 1. The first-order valence-corrected chi connectivity index (χ1v) is 7.86. The largest absolute Gasteiger partial charge is 0.378 e. The van der Waals surface area contributed by atoms with Gasteiger partial charge in [0.1, 0.15) is 0 Å². The van der Waals surface area contributed by atoms with E-state index in [9.17, 15) is 0 Å². The van der Waals surface area contributed by atoms with Gasteiger partial charge in [-0.3, -0.25) is 0 Å². The molecule has 1 saturated carbocycles. The molecule has 2 rings (SSSR count). The molecule has 3 heteroatoms. The highest BCUT2D eigenvalue weighted by atomic mass is 16.5. The predicted molar refractivity (Wildman–Crippen MR) is 79.3 cm³/mol. The van der Waals surface area contributed by atoms with Gasteiger partial charge in [-0.05, 0) is 44.9 Å². The van der Waals surface area contributed by atoms with Crippen LogP contribution in [0.15, 0.2) is 18.3 Å². The van der Waals surface area contributed by atoms with Gasteiger partial charge < -0.3 is 14.6 Å². The van der Waals surface area contributed by atoms with Crippen LogP contribution in [-0.4, -0.2) is 23.8 Å². The smallest absolute Gasteiger partial charge is 0.0575 e. The van der Waals surface area contributed by atoms with Crippen LogP contribution in [0.1, 0.15) is 51.1 Å². The fraction of sp³-hybridized carbons (Fsp3) is 0.750. The molecule has 0 spiro atoms. The molecule has 0 aliphatic heterocycles. The minimum absolute atomic E-state index is 0.547. The molecule has 1 fully saturated rings. The SMILES string of the molecule is CCn1cccc1CNCCCOC1CCCCC1. The lowest BCUT2D eigenvalue weighted by atomic mass is 9.98. The number of hydrogen-bond donors (Lipinski definition) is 1. The van der Waals surface area contributed by atoms with Gasteiger partial charge in [-0.15, -0.1) is 0 Å². The number of nitrogens with one attached hydrogen (secondary N) is 1. The molecule has 0 aromatic carbocycles. The Hall–Kier alpha value is -0.800. The summed E-state index contributed by atoms with van der Waals surface area (Å²) < 4.78 is 8.20. The third-order valence-corrected chi connectivity index (χ3v) is 3.97. The summed E-state index contributed by atoms with van der Waals surface area (Å²) in [5.74, 6) is 0. The summed E-state index contributed by atoms with van der Waals surface area (Å²) in [5, 5.41) is 3.50. The van der Waals surface area contributed by atoms with Crippen molar-refractivity contribution in [3.05, 3.63) is 24.0 Å². The van der Waals surface area contributed by atoms with Gasteiger partial charge in [-0.25, -0.2) is 0 Å². The van der Waals surface area contributed by atoms with Gasteiger partial charge >= 0.3 is 0 Å². The maximum atomic E-state index is 5.92. The lowest BCUT2D eigenvalue weighted by Gasteiger charge is -2.21. The van der Waals surface area contributed by atoms with Crippen LogP contribution in [-0.2, 0) is 17.8 Å². The van der Waals surface area contributed by atoms with Crippen molar-refractivity contribution in [3.63, 3.8) is 0 Å². The first-order chi connectivity index (χ1) is 9.40. The van der Waals surface area contributed by atoms with Crippen molar-refractivity contribution in [1.29, 1.82) is 0 Å². The molecule has 0 bridgehead atoms. The molecule has 1 aromatic heterocycles. The summed E-state index contributed by atoms with van der Waals surface area (Å²) >= 11 is 0. The Kier molecular flexibility index (Phi) is 6.45. The molecule has 0 saturated heterocycles. The molecule has 1 heterocycles. The number of ether oxygens (including phenoxy) is 1. The Labute approximate surface area is 117 Å². The van der Waals surface area contributed by atoms with Gasteiger partial charge in [0, 0.05) is 31.6 Å². The van der Waals surface area contributed by atoms with E-state index in [1.54, 1.807) is 0 Å². The maximum Gasteiger partial charge on any atom is 0.0575 e. The molecule has 1 aliphatic carbocycles. The fourth-order valence-electron chi connectivity index (χ4n) is 2.81. The molecule has 108 valence electrons. The highest BCUT2D eigenvalue weighted by molar-refractivity contribution is 5.06. The Balaban J connectivity index is 1.50. The van der Waals surface area contributed by atoms with Crippen LogP contribution in [0.4, 0.5) is 0 Å². The molecule has 0 unspecified atom stereocenters. The lowest BCUT2D eigenvalue weighted by molar-refractivity contribution is 0.0273. The molecule has 1 N–H and O–H groups in total. The molecule has 1 aliphatic rings. The Morgan fingerprint density at radius 3 is 2.95 bits per heavy atom. The average Bonchev–Trinajstić information content (AvgIpc) is 2.91. The standard InChI is InChI=1S/C16H28N2O/c1-2-18-12-6-8-15(18)14-17-11-7-13-19-16-9-4-3-5-10-16/h6,8,12,16-17H,2-5,7,9-11,13-14H2,1H3. The topological polar surface area (TPSA) is 26.2 Å². The number of aryl methyl sites for hydroxylation is 1. The Morgan fingerprint density at radius 2 is 2.16 bits per heavy atom. The zero-order valence-electron chi connectivity index (χ0n) is 12.2. The summed E-state index contributed by atoms with van der Waals surface area (Å²) in [5.41, 5.74) is 1.37. The van der Waals surface area contributed by atoms with Crippen LogP contribution in [0.3, 0.4) is 0 Å². The minimum atomic E-state index is 0.547. The normalized spacial score (nSPS) is 16.9. The summed E-state index contributed by atoms with van der Waals surface area (Å²) in [4.78, 5) is 0. The molecule has 0 atom stereocenters. The lowest BCUT2D eigenvalue weighted by Crippen LogP contribution is -2.21. The molecular weight excluding hydrogens is 236 g/mol. The highest BCUT2D eigenvalue weighted by Gasteiger charge is 2.12. The van der Waals surface area contributed by atoms with Crippen LogP contribution < -0.4 is 5.32 Å². The van der Waals surface area contributed by atoms with E-state index in [1.165, 1.54) is 37.8 Å². The van der Waals surface area contributed by atoms with E-state index < -0.39 is 0 Å². The summed E-state index contributed by atoms with van der Waals surface area (Å²) in [7, 11) is 0. The van der Waals surface area contributed by atoms with Gasteiger partial charge in [0.2, 0.25) is 0 Å². The predicted octanol–water partition coefficient (Wildman–Crippen LogP) is 3.34. The van der Waals surface area contributed by atoms with Gasteiger partial charge in [0.05, 0.1) is 6.10 Å². The third-order valence-electron chi connectivity index (χ3n) is 3.97. The van der Waals surface area contributed by atoms with E-state index in [0.717, 1.165) is 32.7 Å². The minimum Gasteiger partial charge on any atom is -0.378 e. The van der Waals surface area contributed by atoms with E-state index in [0.29, 0.717) is 6.10 Å². The molecule has 3 nitrogen and oxygen atoms in total. The van der Waals surface area contributed by atoms with Gasteiger partial charge in [-0.1, -0.05) is 19.3 Å². The molecule has 0 radical (unpaired) electrons. The van der Waals surface area contributed by atoms with Gasteiger partial charge in [-0.2, -0.15) is 0 Å². The number of hydrogen-bond acceptors (Lipinski definition) is 2. The monoisotopic (exact) mass is 264 g/mol. The quantitative estimate of drug-likeness (QED) is 0.729. The second kappa shape index (κ2) is 8.39. The second-order valence-corrected chi connectivity index (χ2v) is 5.45. The fourth-order valence-corrected chi connectivity index (χ4v) is 2.81. The van der Waals surface area contributed by atoms with Gasteiger partial charge in [0.15, 0.2) is 0 Å². The first kappa shape index (κ1) is 14.6. The van der Waals surface area contributed by atoms with E-state index >= 15 is 0 Å². The highest BCUT2D eigenvalue weighted by Crippen LogP contribution is 2.20. The van der Waals surface area contributed by atoms with E-state index in [-0.39, 0.29) is 0 Å². The van der Waals surface area contributed by atoms with E-state index in [4.69, 9.17) is 4.74 Å². The van der Waals surface area contributed by atoms with Crippen LogP contribution in [0.5, 0.6) is 0 Å². The first-order valence-electron chi connectivity index (χ1n) is 7.86.